The van der Waals surface area contributed by atoms with E-state index in [0.29, 0.717) is 12.0 Å². The molecule has 0 spiro atoms. The van der Waals surface area contributed by atoms with E-state index in [1.54, 1.807) is 0 Å². The third-order valence-electron chi connectivity index (χ3n) is 3.79. The second kappa shape index (κ2) is 7.21. The number of terminal acetylenes is 1. The van der Waals surface area contributed by atoms with Crippen LogP contribution in [0.3, 0.4) is 0 Å². The SMILES string of the molecule is C#CCCCC(NCC)C1CCOc2ccccc21. The summed E-state index contributed by atoms with van der Waals surface area (Å²) < 4.78 is 5.75. The van der Waals surface area contributed by atoms with Crippen LogP contribution in [0.1, 0.15) is 44.1 Å². The monoisotopic (exact) mass is 257 g/mol. The van der Waals surface area contributed by atoms with E-state index in [9.17, 15) is 0 Å². The Labute approximate surface area is 116 Å². The molecule has 2 rings (SSSR count). The Hall–Kier alpha value is -1.46. The molecular weight excluding hydrogens is 234 g/mol. The van der Waals surface area contributed by atoms with Gasteiger partial charge in [0.2, 0.25) is 0 Å². The van der Waals surface area contributed by atoms with Crippen LogP contribution in [0.4, 0.5) is 0 Å². The van der Waals surface area contributed by atoms with E-state index in [2.05, 4.69) is 36.4 Å². The molecule has 2 unspecified atom stereocenters. The number of fused-ring (bicyclic) bond motifs is 1. The molecule has 1 aromatic carbocycles. The number of benzene rings is 1. The highest BCUT2D eigenvalue weighted by atomic mass is 16.5. The predicted molar refractivity (Wildman–Crippen MR) is 79.4 cm³/mol. The minimum atomic E-state index is 0.503. The molecule has 1 aliphatic heterocycles. The summed E-state index contributed by atoms with van der Waals surface area (Å²) in [4.78, 5) is 0. The highest BCUT2D eigenvalue weighted by molar-refractivity contribution is 5.38. The first-order valence-electron chi connectivity index (χ1n) is 7.25. The molecule has 19 heavy (non-hydrogen) atoms. The largest absolute Gasteiger partial charge is 0.493 e. The van der Waals surface area contributed by atoms with E-state index in [4.69, 9.17) is 11.2 Å². The first-order valence-corrected chi connectivity index (χ1v) is 7.25. The summed E-state index contributed by atoms with van der Waals surface area (Å²) in [5.74, 6) is 4.33. The van der Waals surface area contributed by atoms with Gasteiger partial charge in [0.05, 0.1) is 6.61 Å². The van der Waals surface area contributed by atoms with Gasteiger partial charge in [-0.3, -0.25) is 0 Å². The molecule has 0 radical (unpaired) electrons. The molecule has 0 aromatic heterocycles. The maximum Gasteiger partial charge on any atom is 0.122 e. The Kier molecular flexibility index (Phi) is 5.30. The molecule has 2 nitrogen and oxygen atoms in total. The van der Waals surface area contributed by atoms with Gasteiger partial charge in [0.25, 0.3) is 0 Å². The van der Waals surface area contributed by atoms with Gasteiger partial charge in [0.15, 0.2) is 0 Å². The fourth-order valence-electron chi connectivity index (χ4n) is 2.92. The number of likely N-dealkylation sites (N-methyl/N-ethyl adjacent to an activating group) is 1. The van der Waals surface area contributed by atoms with E-state index in [1.807, 2.05) is 6.07 Å². The first kappa shape index (κ1) is 14.0. The van der Waals surface area contributed by atoms with Crippen molar-refractivity contribution >= 4 is 0 Å². The van der Waals surface area contributed by atoms with Crippen molar-refractivity contribution < 1.29 is 4.74 Å². The van der Waals surface area contributed by atoms with Crippen LogP contribution < -0.4 is 10.1 Å². The normalized spacial score (nSPS) is 19.1. The van der Waals surface area contributed by atoms with Gasteiger partial charge in [0, 0.05) is 18.4 Å². The molecule has 0 aliphatic carbocycles. The first-order chi connectivity index (χ1) is 9.36. The minimum Gasteiger partial charge on any atom is -0.493 e. The van der Waals surface area contributed by atoms with Gasteiger partial charge in [-0.2, -0.15) is 0 Å². The van der Waals surface area contributed by atoms with Crippen molar-refractivity contribution in [1.29, 1.82) is 0 Å². The van der Waals surface area contributed by atoms with Crippen LogP contribution in [0.25, 0.3) is 0 Å². The van der Waals surface area contributed by atoms with E-state index in [0.717, 1.165) is 44.6 Å². The van der Waals surface area contributed by atoms with Crippen molar-refractivity contribution in [2.45, 2.75) is 44.6 Å². The molecule has 1 aromatic rings. The molecule has 1 heterocycles. The summed E-state index contributed by atoms with van der Waals surface area (Å²) in [6, 6.07) is 8.92. The number of rotatable bonds is 6. The summed E-state index contributed by atoms with van der Waals surface area (Å²) in [5, 5.41) is 3.63. The summed E-state index contributed by atoms with van der Waals surface area (Å²) in [6.45, 7) is 3.98. The summed E-state index contributed by atoms with van der Waals surface area (Å²) in [7, 11) is 0. The van der Waals surface area contributed by atoms with Gasteiger partial charge in [0.1, 0.15) is 5.75 Å². The Balaban J connectivity index is 2.11. The summed E-state index contributed by atoms with van der Waals surface area (Å²) in [6.07, 6.45) is 9.54. The lowest BCUT2D eigenvalue weighted by Gasteiger charge is -2.33. The molecule has 1 aliphatic rings. The maximum absolute atomic E-state index is 5.75. The second-order valence-electron chi connectivity index (χ2n) is 5.04. The second-order valence-corrected chi connectivity index (χ2v) is 5.04. The number of hydrogen-bond acceptors (Lipinski definition) is 2. The van der Waals surface area contributed by atoms with Gasteiger partial charge >= 0.3 is 0 Å². The molecule has 1 N–H and O–H groups in total. The zero-order valence-corrected chi connectivity index (χ0v) is 11.7. The van der Waals surface area contributed by atoms with Crippen molar-refractivity contribution in [2.75, 3.05) is 13.2 Å². The van der Waals surface area contributed by atoms with Crippen LogP contribution in [0.15, 0.2) is 24.3 Å². The molecule has 0 saturated carbocycles. The lowest BCUT2D eigenvalue weighted by Crippen LogP contribution is -2.37. The van der Waals surface area contributed by atoms with Crippen LogP contribution in [0, 0.1) is 12.3 Å². The Morgan fingerprint density at radius 1 is 1.47 bits per heavy atom. The Morgan fingerprint density at radius 2 is 2.32 bits per heavy atom. The quantitative estimate of drug-likeness (QED) is 0.623. The highest BCUT2D eigenvalue weighted by Crippen LogP contribution is 2.36. The zero-order valence-electron chi connectivity index (χ0n) is 11.7. The number of ether oxygens (including phenoxy) is 1. The number of nitrogens with one attached hydrogen (secondary N) is 1. The number of hydrogen-bond donors (Lipinski definition) is 1. The van der Waals surface area contributed by atoms with E-state index in [-0.39, 0.29) is 0 Å². The Morgan fingerprint density at radius 3 is 3.11 bits per heavy atom. The van der Waals surface area contributed by atoms with Crippen LogP contribution in [0.2, 0.25) is 0 Å². The highest BCUT2D eigenvalue weighted by Gasteiger charge is 2.27. The molecular formula is C17H23NO. The molecule has 2 atom stereocenters. The molecule has 0 bridgehead atoms. The third kappa shape index (κ3) is 3.52. The number of unbranched alkanes of at least 4 members (excludes halogenated alkanes) is 1. The molecule has 0 fully saturated rings. The van der Waals surface area contributed by atoms with Gasteiger partial charge in [-0.05, 0) is 37.4 Å². The standard InChI is InChI=1S/C17H23NO/c1-3-5-6-10-16(18-4-2)14-12-13-19-17-11-8-7-9-15(14)17/h1,7-9,11,14,16,18H,4-6,10,12-13H2,2H3. The van der Waals surface area contributed by atoms with Crippen LogP contribution >= 0.6 is 0 Å². The topological polar surface area (TPSA) is 21.3 Å². The average Bonchev–Trinajstić information content (AvgIpc) is 2.46. The number of para-hydroxylation sites is 1. The van der Waals surface area contributed by atoms with Gasteiger partial charge in [-0.25, -0.2) is 0 Å². The van der Waals surface area contributed by atoms with Crippen molar-refractivity contribution in [3.63, 3.8) is 0 Å². The third-order valence-corrected chi connectivity index (χ3v) is 3.79. The van der Waals surface area contributed by atoms with Crippen LogP contribution in [-0.4, -0.2) is 19.2 Å². The van der Waals surface area contributed by atoms with Gasteiger partial charge in [-0.15, -0.1) is 12.3 Å². The zero-order chi connectivity index (χ0) is 13.5. The summed E-state index contributed by atoms with van der Waals surface area (Å²) in [5.41, 5.74) is 1.35. The van der Waals surface area contributed by atoms with Gasteiger partial charge in [-0.1, -0.05) is 25.1 Å². The van der Waals surface area contributed by atoms with Gasteiger partial charge < -0.3 is 10.1 Å². The van der Waals surface area contributed by atoms with Crippen LogP contribution in [-0.2, 0) is 0 Å². The molecule has 0 amide bonds. The van der Waals surface area contributed by atoms with Crippen molar-refractivity contribution in [3.8, 4) is 18.1 Å². The van der Waals surface area contributed by atoms with E-state index < -0.39 is 0 Å². The average molecular weight is 257 g/mol. The fraction of sp³-hybridized carbons (Fsp3) is 0.529. The lowest BCUT2D eigenvalue weighted by molar-refractivity contribution is 0.241. The molecule has 102 valence electrons. The van der Waals surface area contributed by atoms with E-state index >= 15 is 0 Å². The smallest absolute Gasteiger partial charge is 0.122 e. The minimum absolute atomic E-state index is 0.503. The predicted octanol–water partition coefficient (Wildman–Crippen LogP) is 3.33. The Bertz CT molecular complexity index is 435. The van der Waals surface area contributed by atoms with E-state index in [1.165, 1.54) is 5.56 Å². The molecule has 0 saturated heterocycles. The van der Waals surface area contributed by atoms with Crippen molar-refractivity contribution in [2.24, 2.45) is 0 Å². The van der Waals surface area contributed by atoms with Crippen molar-refractivity contribution in [1.82, 2.24) is 5.32 Å². The van der Waals surface area contributed by atoms with Crippen LogP contribution in [0.5, 0.6) is 5.75 Å². The maximum atomic E-state index is 5.75. The summed E-state index contributed by atoms with van der Waals surface area (Å²) >= 11 is 0. The fourth-order valence-corrected chi connectivity index (χ4v) is 2.92. The molecule has 2 heteroatoms. The lowest BCUT2D eigenvalue weighted by atomic mass is 9.84. The van der Waals surface area contributed by atoms with Crippen molar-refractivity contribution in [3.05, 3.63) is 29.8 Å².